The third-order valence-corrected chi connectivity index (χ3v) is 6.39. The van der Waals surface area contributed by atoms with Crippen LogP contribution >= 0.6 is 0 Å². The van der Waals surface area contributed by atoms with Gasteiger partial charge in [-0.1, -0.05) is 25.3 Å². The lowest BCUT2D eigenvalue weighted by molar-refractivity contribution is 0.0697. The van der Waals surface area contributed by atoms with Crippen LogP contribution in [0.5, 0.6) is 5.75 Å². The largest absolute Gasteiger partial charge is 0.490 e. The Hall–Kier alpha value is -2.86. The molecule has 5 nitrogen and oxygen atoms in total. The van der Waals surface area contributed by atoms with Crippen molar-refractivity contribution in [2.75, 3.05) is 6.61 Å². The monoisotopic (exact) mass is 409 g/mol. The fourth-order valence-electron chi connectivity index (χ4n) is 5.05. The summed E-state index contributed by atoms with van der Waals surface area (Å²) in [7, 11) is 0. The number of halogens is 1. The van der Waals surface area contributed by atoms with Gasteiger partial charge >= 0.3 is 5.97 Å². The summed E-state index contributed by atoms with van der Waals surface area (Å²) in [5.74, 6) is -0.626. The fourth-order valence-corrected chi connectivity index (χ4v) is 5.05. The molecule has 2 aromatic carbocycles. The zero-order valence-corrected chi connectivity index (χ0v) is 16.6. The number of ether oxygens (including phenoxy) is 1. The second-order valence-electron chi connectivity index (χ2n) is 8.35. The van der Waals surface area contributed by atoms with Gasteiger partial charge < -0.3 is 19.5 Å². The molecular weight excluding hydrogens is 385 g/mol. The Morgan fingerprint density at radius 2 is 1.90 bits per heavy atom. The lowest BCUT2D eigenvalue weighted by Crippen LogP contribution is -2.26. The van der Waals surface area contributed by atoms with Crippen LogP contribution in [0.3, 0.4) is 0 Å². The summed E-state index contributed by atoms with van der Waals surface area (Å²) >= 11 is 0. The summed E-state index contributed by atoms with van der Waals surface area (Å²) in [4.78, 5) is 11.6. The van der Waals surface area contributed by atoms with E-state index in [0.717, 1.165) is 53.4 Å². The first-order chi connectivity index (χ1) is 14.5. The number of nitrogens with zero attached hydrogens (tertiary/aromatic N) is 1. The van der Waals surface area contributed by atoms with Crippen molar-refractivity contribution >= 4 is 16.9 Å². The van der Waals surface area contributed by atoms with Crippen molar-refractivity contribution in [1.29, 1.82) is 0 Å². The molecule has 0 unspecified atom stereocenters. The molecule has 5 rings (SSSR count). The van der Waals surface area contributed by atoms with Gasteiger partial charge in [-0.25, -0.2) is 9.18 Å². The second-order valence-corrected chi connectivity index (χ2v) is 8.35. The van der Waals surface area contributed by atoms with E-state index in [-0.39, 0.29) is 18.0 Å². The van der Waals surface area contributed by atoms with Crippen LogP contribution in [0.15, 0.2) is 36.4 Å². The average Bonchev–Trinajstić information content (AvgIpc) is 3.04. The Kier molecular flexibility index (Phi) is 4.74. The number of aromatic nitrogens is 1. The van der Waals surface area contributed by atoms with Gasteiger partial charge in [0.15, 0.2) is 0 Å². The molecule has 2 heterocycles. The molecule has 3 aromatic rings. The van der Waals surface area contributed by atoms with Gasteiger partial charge in [0, 0.05) is 22.5 Å². The molecule has 0 spiro atoms. The number of aliphatic hydroxyl groups is 1. The molecule has 6 heteroatoms. The molecule has 1 saturated carbocycles. The van der Waals surface area contributed by atoms with Gasteiger partial charge in [-0.05, 0) is 48.6 Å². The Morgan fingerprint density at radius 1 is 1.10 bits per heavy atom. The van der Waals surface area contributed by atoms with Crippen molar-refractivity contribution in [1.82, 2.24) is 4.57 Å². The van der Waals surface area contributed by atoms with Crippen LogP contribution < -0.4 is 4.74 Å². The Balaban J connectivity index is 1.86. The molecule has 0 amide bonds. The first-order valence-electron chi connectivity index (χ1n) is 10.5. The van der Waals surface area contributed by atoms with Crippen molar-refractivity contribution in [2.24, 2.45) is 0 Å². The minimum atomic E-state index is -0.983. The second kappa shape index (κ2) is 7.43. The fraction of sp³-hybridized carbons (Fsp3) is 0.375. The standard InChI is InChI=1S/C24H24FNO4/c25-16-7-9-19-21(11-16)30-13-17(27)12-26-20-10-15(24(28)29)6-8-18(20)22(23(19)26)14-4-2-1-3-5-14/h6-11,14,17,27H,1-5,12-13H2,(H,28,29)/t17-/m0/s1. The predicted octanol–water partition coefficient (Wildman–Crippen LogP) is 4.95. The topological polar surface area (TPSA) is 71.7 Å². The number of hydrogen-bond donors (Lipinski definition) is 2. The van der Waals surface area contributed by atoms with E-state index in [2.05, 4.69) is 0 Å². The highest BCUT2D eigenvalue weighted by Crippen LogP contribution is 2.47. The first kappa shape index (κ1) is 19.1. The minimum Gasteiger partial charge on any atom is -0.490 e. The van der Waals surface area contributed by atoms with Crippen LogP contribution in [-0.4, -0.2) is 33.5 Å². The Labute approximate surface area is 173 Å². The van der Waals surface area contributed by atoms with E-state index < -0.39 is 12.1 Å². The third kappa shape index (κ3) is 3.16. The number of rotatable bonds is 2. The number of carboxylic acid groups (broad SMARTS) is 1. The van der Waals surface area contributed by atoms with E-state index >= 15 is 0 Å². The number of benzene rings is 2. The van der Waals surface area contributed by atoms with E-state index in [1.165, 1.54) is 18.6 Å². The third-order valence-electron chi connectivity index (χ3n) is 6.39. The van der Waals surface area contributed by atoms with Crippen LogP contribution in [0, 0.1) is 5.82 Å². The molecule has 1 aliphatic heterocycles. The Bertz CT molecular complexity index is 1130. The molecule has 1 atom stereocenters. The highest BCUT2D eigenvalue weighted by molar-refractivity contribution is 5.98. The highest BCUT2D eigenvalue weighted by Gasteiger charge is 2.30. The highest BCUT2D eigenvalue weighted by atomic mass is 19.1. The van der Waals surface area contributed by atoms with Gasteiger partial charge in [0.1, 0.15) is 24.3 Å². The molecule has 156 valence electrons. The molecule has 2 N–H and O–H groups in total. The first-order valence-corrected chi connectivity index (χ1v) is 10.5. The van der Waals surface area contributed by atoms with Gasteiger partial charge in [-0.15, -0.1) is 0 Å². The lowest BCUT2D eigenvalue weighted by atomic mass is 9.81. The number of carboxylic acids is 1. The van der Waals surface area contributed by atoms with E-state index in [1.807, 2.05) is 10.6 Å². The number of fused-ring (bicyclic) bond motifs is 5. The summed E-state index contributed by atoms with van der Waals surface area (Å²) in [5.41, 5.74) is 3.86. The maximum atomic E-state index is 14.0. The summed E-state index contributed by atoms with van der Waals surface area (Å²) in [6.45, 7) is 0.339. The van der Waals surface area contributed by atoms with E-state index in [0.29, 0.717) is 18.2 Å². The van der Waals surface area contributed by atoms with Crippen LogP contribution in [0.1, 0.15) is 53.9 Å². The number of aliphatic hydroxyl groups excluding tert-OH is 1. The zero-order chi connectivity index (χ0) is 20.8. The zero-order valence-electron chi connectivity index (χ0n) is 16.6. The molecule has 0 bridgehead atoms. The van der Waals surface area contributed by atoms with Gasteiger partial charge in [-0.2, -0.15) is 0 Å². The quantitative estimate of drug-likeness (QED) is 0.628. The molecule has 30 heavy (non-hydrogen) atoms. The van der Waals surface area contributed by atoms with Crippen molar-refractivity contribution in [3.05, 3.63) is 53.3 Å². The lowest BCUT2D eigenvalue weighted by Gasteiger charge is -2.26. The smallest absolute Gasteiger partial charge is 0.335 e. The molecule has 0 radical (unpaired) electrons. The number of carbonyl (C=O) groups is 1. The predicted molar refractivity (Wildman–Crippen MR) is 112 cm³/mol. The molecule has 1 aromatic heterocycles. The van der Waals surface area contributed by atoms with Crippen LogP contribution in [-0.2, 0) is 6.54 Å². The van der Waals surface area contributed by atoms with Gasteiger partial charge in [0.05, 0.1) is 17.8 Å². The number of hydrogen-bond acceptors (Lipinski definition) is 3. The summed E-state index contributed by atoms with van der Waals surface area (Å²) < 4.78 is 21.8. The van der Waals surface area contributed by atoms with Crippen molar-refractivity contribution in [3.63, 3.8) is 0 Å². The SMILES string of the molecule is O=C(O)c1ccc2c(C3CCCCC3)c3n(c2c1)C[C@H](O)COc1cc(F)ccc1-3. The maximum Gasteiger partial charge on any atom is 0.335 e. The van der Waals surface area contributed by atoms with Gasteiger partial charge in [0.25, 0.3) is 0 Å². The Morgan fingerprint density at radius 3 is 2.67 bits per heavy atom. The van der Waals surface area contributed by atoms with Crippen LogP contribution in [0.25, 0.3) is 22.2 Å². The van der Waals surface area contributed by atoms with Gasteiger partial charge in [-0.3, -0.25) is 0 Å². The molecular formula is C24H24FNO4. The van der Waals surface area contributed by atoms with Crippen LogP contribution in [0.2, 0.25) is 0 Å². The van der Waals surface area contributed by atoms with Crippen molar-refractivity contribution < 1.29 is 24.1 Å². The van der Waals surface area contributed by atoms with Crippen LogP contribution in [0.4, 0.5) is 4.39 Å². The van der Waals surface area contributed by atoms with Crippen molar-refractivity contribution in [3.8, 4) is 17.0 Å². The maximum absolute atomic E-state index is 14.0. The average molecular weight is 409 g/mol. The summed E-state index contributed by atoms with van der Waals surface area (Å²) in [5, 5.41) is 21.1. The normalized spacial score (nSPS) is 19.5. The summed E-state index contributed by atoms with van der Waals surface area (Å²) in [6, 6.07) is 9.74. The summed E-state index contributed by atoms with van der Waals surface area (Å²) in [6.07, 6.45) is 4.86. The molecule has 1 fully saturated rings. The van der Waals surface area contributed by atoms with Crippen molar-refractivity contribution in [2.45, 2.75) is 50.7 Å². The van der Waals surface area contributed by atoms with Gasteiger partial charge in [0.2, 0.25) is 0 Å². The minimum absolute atomic E-state index is 0.0486. The molecule has 1 aliphatic carbocycles. The molecule has 2 aliphatic rings. The number of aromatic carboxylic acids is 1. The molecule has 0 saturated heterocycles. The van der Waals surface area contributed by atoms with E-state index in [9.17, 15) is 19.4 Å². The van der Waals surface area contributed by atoms with E-state index in [1.54, 1.807) is 18.2 Å². The van der Waals surface area contributed by atoms with E-state index in [4.69, 9.17) is 4.74 Å².